The van der Waals surface area contributed by atoms with Crippen molar-refractivity contribution in [1.82, 2.24) is 19.4 Å². The third-order valence-corrected chi connectivity index (χ3v) is 15.6. The summed E-state index contributed by atoms with van der Waals surface area (Å²) in [5, 5.41) is 4.17. The normalized spacial score (nSPS) is 14.4. The molecule has 0 aliphatic carbocycles. The zero-order chi connectivity index (χ0) is 31.6. The molecule has 4 aromatic rings. The maximum atomic E-state index is 13.7. The molecular formula is C36H46N6OSi. The smallest absolute Gasteiger partial charge is 0.258 e. The Kier molecular flexibility index (Phi) is 9.28. The van der Waals surface area contributed by atoms with Crippen LogP contribution < -0.4 is 15.8 Å². The molecule has 8 heteroatoms. The van der Waals surface area contributed by atoms with Crippen molar-refractivity contribution in [2.45, 2.75) is 65.1 Å². The molecular weight excluding hydrogens is 561 g/mol. The van der Waals surface area contributed by atoms with Gasteiger partial charge in [0.2, 0.25) is 5.95 Å². The summed E-state index contributed by atoms with van der Waals surface area (Å²) in [6.07, 6.45) is 1.81. The second kappa shape index (κ2) is 13.0. The number of aromatic nitrogens is 3. The fourth-order valence-corrected chi connectivity index (χ4v) is 12.2. The van der Waals surface area contributed by atoms with Crippen molar-refractivity contribution in [2.75, 3.05) is 43.4 Å². The van der Waals surface area contributed by atoms with E-state index in [0.29, 0.717) is 33.8 Å². The minimum atomic E-state index is -2.01. The van der Waals surface area contributed by atoms with Crippen LogP contribution in [0, 0.1) is 18.4 Å². The van der Waals surface area contributed by atoms with Crippen LogP contribution in [0.2, 0.25) is 16.6 Å². The summed E-state index contributed by atoms with van der Waals surface area (Å²) in [4.78, 5) is 28.2. The molecule has 2 aromatic heterocycles. The number of benzene rings is 2. The molecule has 0 radical (unpaired) electrons. The Hall–Kier alpha value is -3.93. The monoisotopic (exact) mass is 606 g/mol. The number of aryl methyl sites for hydroxylation is 1. The second-order valence-electron chi connectivity index (χ2n) is 13.1. The van der Waals surface area contributed by atoms with E-state index < -0.39 is 8.07 Å². The largest absolute Gasteiger partial charge is 0.369 e. The van der Waals surface area contributed by atoms with Gasteiger partial charge in [0, 0.05) is 55.4 Å². The lowest BCUT2D eigenvalue weighted by Crippen LogP contribution is -2.44. The summed E-state index contributed by atoms with van der Waals surface area (Å²) in [7, 11) is 0.162. The summed E-state index contributed by atoms with van der Waals surface area (Å²) >= 11 is 0. The number of pyridine rings is 1. The van der Waals surface area contributed by atoms with Gasteiger partial charge >= 0.3 is 0 Å². The van der Waals surface area contributed by atoms with E-state index >= 15 is 0 Å². The molecule has 7 nitrogen and oxygen atoms in total. The molecule has 1 saturated heterocycles. The Labute approximate surface area is 263 Å². The number of hydrogen-bond acceptors (Lipinski definition) is 6. The van der Waals surface area contributed by atoms with E-state index in [1.807, 2.05) is 36.5 Å². The third kappa shape index (κ3) is 6.17. The maximum absolute atomic E-state index is 13.7. The van der Waals surface area contributed by atoms with Gasteiger partial charge in [-0.15, -0.1) is 5.54 Å². The first-order valence-electron chi connectivity index (χ1n) is 15.8. The SMILES string of the molecule is Cc1cc(Nc2ncc3c(C#C[Si](C(C)C)(C(C)C)C(C)C)cc(=O)n(-c4ccccc4)c3n2)ccc1N1CCN(C)CC1. The minimum Gasteiger partial charge on any atom is -0.369 e. The average molecular weight is 607 g/mol. The lowest BCUT2D eigenvalue weighted by atomic mass is 10.1. The van der Waals surface area contributed by atoms with E-state index in [1.54, 1.807) is 10.6 Å². The van der Waals surface area contributed by atoms with E-state index in [4.69, 9.17) is 9.97 Å². The zero-order valence-electron chi connectivity index (χ0n) is 27.5. The maximum Gasteiger partial charge on any atom is 0.258 e. The van der Waals surface area contributed by atoms with Crippen molar-refractivity contribution >= 4 is 36.4 Å². The lowest BCUT2D eigenvalue weighted by Gasteiger charge is -2.38. The van der Waals surface area contributed by atoms with Crippen molar-refractivity contribution in [2.24, 2.45) is 0 Å². The summed E-state index contributed by atoms with van der Waals surface area (Å²) in [5.74, 6) is 3.94. The number of rotatable bonds is 7. The summed E-state index contributed by atoms with van der Waals surface area (Å²) in [6, 6.07) is 17.7. The molecule has 1 aliphatic rings. The number of nitrogens with one attached hydrogen (secondary N) is 1. The first kappa shape index (κ1) is 31.5. The van der Waals surface area contributed by atoms with Crippen LogP contribution in [-0.4, -0.2) is 60.7 Å². The Balaban J connectivity index is 1.58. The summed E-state index contributed by atoms with van der Waals surface area (Å²) in [6.45, 7) is 20.1. The number of nitrogens with zero attached hydrogens (tertiary/aromatic N) is 5. The minimum absolute atomic E-state index is 0.157. The van der Waals surface area contributed by atoms with Crippen molar-refractivity contribution in [3.8, 4) is 17.2 Å². The lowest BCUT2D eigenvalue weighted by molar-refractivity contribution is 0.312. The predicted molar refractivity (Wildman–Crippen MR) is 187 cm³/mol. The quantitative estimate of drug-likeness (QED) is 0.178. The Morgan fingerprint density at radius 3 is 2.16 bits per heavy atom. The van der Waals surface area contributed by atoms with Crippen molar-refractivity contribution < 1.29 is 0 Å². The fourth-order valence-electron chi connectivity index (χ4n) is 6.97. The van der Waals surface area contributed by atoms with Crippen LogP contribution in [-0.2, 0) is 0 Å². The molecule has 1 aliphatic heterocycles. The standard InChI is InChI=1S/C36H46N6OSi/c1-25(2)44(26(3)4,27(5)6)21-16-29-23-34(43)42(31-12-10-9-11-13-31)35-32(29)24-37-36(39-35)38-30-14-15-33(28(7)22-30)41-19-17-40(8)18-20-41/h9-15,22-27H,17-20H2,1-8H3,(H,37,38,39). The number of anilines is 3. The molecule has 0 unspecified atom stereocenters. The van der Waals surface area contributed by atoms with E-state index in [-0.39, 0.29) is 5.56 Å². The van der Waals surface area contributed by atoms with E-state index in [1.165, 1.54) is 11.3 Å². The van der Waals surface area contributed by atoms with Crippen LogP contribution in [0.4, 0.5) is 17.3 Å². The highest BCUT2D eigenvalue weighted by Gasteiger charge is 2.41. The van der Waals surface area contributed by atoms with Crippen LogP contribution in [0.25, 0.3) is 16.7 Å². The molecule has 3 heterocycles. The van der Waals surface area contributed by atoms with Crippen LogP contribution >= 0.6 is 0 Å². The molecule has 1 fully saturated rings. The third-order valence-electron chi connectivity index (χ3n) is 9.35. The van der Waals surface area contributed by atoms with Gasteiger partial charge in [-0.2, -0.15) is 4.98 Å². The average Bonchev–Trinajstić information content (AvgIpc) is 2.98. The van der Waals surface area contributed by atoms with E-state index in [9.17, 15) is 4.79 Å². The highest BCUT2D eigenvalue weighted by atomic mass is 28.3. The second-order valence-corrected chi connectivity index (χ2v) is 18.6. The molecule has 0 atom stereocenters. The number of para-hydroxylation sites is 1. The molecule has 230 valence electrons. The van der Waals surface area contributed by atoms with Crippen LogP contribution in [0.3, 0.4) is 0 Å². The van der Waals surface area contributed by atoms with Crippen molar-refractivity contribution in [3.63, 3.8) is 0 Å². The van der Waals surface area contributed by atoms with Gasteiger partial charge in [0.05, 0.1) is 11.1 Å². The van der Waals surface area contributed by atoms with Crippen molar-refractivity contribution in [3.05, 3.63) is 82.3 Å². The Morgan fingerprint density at radius 2 is 1.55 bits per heavy atom. The number of fused-ring (bicyclic) bond motifs is 1. The zero-order valence-corrected chi connectivity index (χ0v) is 28.5. The molecule has 1 N–H and O–H groups in total. The van der Waals surface area contributed by atoms with Gasteiger partial charge in [-0.25, -0.2) is 4.98 Å². The predicted octanol–water partition coefficient (Wildman–Crippen LogP) is 7.15. The molecule has 0 bridgehead atoms. The number of piperazine rings is 1. The number of hydrogen-bond donors (Lipinski definition) is 1. The van der Waals surface area contributed by atoms with Gasteiger partial charge in [0.15, 0.2) is 5.65 Å². The highest BCUT2D eigenvalue weighted by Crippen LogP contribution is 2.41. The van der Waals surface area contributed by atoms with E-state index in [0.717, 1.165) is 42.9 Å². The summed E-state index contributed by atoms with van der Waals surface area (Å²) < 4.78 is 1.66. The first-order chi connectivity index (χ1) is 21.0. The van der Waals surface area contributed by atoms with Gasteiger partial charge in [0.25, 0.3) is 5.56 Å². The van der Waals surface area contributed by atoms with Crippen LogP contribution in [0.5, 0.6) is 0 Å². The summed E-state index contributed by atoms with van der Waals surface area (Å²) in [5.41, 5.74) is 10.5. The number of likely N-dealkylation sites (N-methyl/N-ethyl adjacent to an activating group) is 1. The van der Waals surface area contributed by atoms with Crippen LogP contribution in [0.1, 0.15) is 52.7 Å². The first-order valence-corrected chi connectivity index (χ1v) is 18.1. The highest BCUT2D eigenvalue weighted by molar-refractivity contribution is 6.90. The molecule has 44 heavy (non-hydrogen) atoms. The van der Waals surface area contributed by atoms with Gasteiger partial charge in [-0.3, -0.25) is 9.36 Å². The molecule has 0 saturated carbocycles. The van der Waals surface area contributed by atoms with Crippen LogP contribution in [0.15, 0.2) is 65.6 Å². The molecule has 0 spiro atoms. The molecule has 5 rings (SSSR count). The Morgan fingerprint density at radius 1 is 0.886 bits per heavy atom. The van der Waals surface area contributed by atoms with Crippen molar-refractivity contribution in [1.29, 1.82) is 0 Å². The fraction of sp³-hybridized carbons (Fsp3) is 0.417. The van der Waals surface area contributed by atoms with Gasteiger partial charge in [-0.05, 0) is 66.5 Å². The molecule has 0 amide bonds. The van der Waals surface area contributed by atoms with E-state index in [2.05, 4.69) is 100 Å². The van der Waals surface area contributed by atoms with Gasteiger partial charge < -0.3 is 15.1 Å². The Bertz CT molecular complexity index is 1720. The van der Waals surface area contributed by atoms with Gasteiger partial charge in [-0.1, -0.05) is 65.7 Å². The topological polar surface area (TPSA) is 66.3 Å². The van der Waals surface area contributed by atoms with Gasteiger partial charge in [0.1, 0.15) is 8.07 Å². The molecule has 2 aromatic carbocycles.